The zero-order valence-corrected chi connectivity index (χ0v) is 16.5. The number of carbonyl (C=O) groups is 3. The largest absolute Gasteiger partial charge is 0.303 e. The molecule has 0 radical (unpaired) electrons. The van der Waals surface area contributed by atoms with Crippen LogP contribution in [0.1, 0.15) is 11.1 Å². The van der Waals surface area contributed by atoms with Crippen LogP contribution in [0.15, 0.2) is 41.3 Å². The van der Waals surface area contributed by atoms with E-state index in [0.717, 1.165) is 0 Å². The van der Waals surface area contributed by atoms with Crippen LogP contribution in [-0.2, 0) is 16.1 Å². The molecule has 27 heavy (non-hydrogen) atoms. The number of nitrogens with one attached hydrogen (secondary N) is 1. The lowest BCUT2D eigenvalue weighted by molar-refractivity contribution is -0.116. The molecule has 2 aliphatic heterocycles. The first-order valence-electron chi connectivity index (χ1n) is 7.69. The van der Waals surface area contributed by atoms with Crippen molar-refractivity contribution in [2.75, 3.05) is 4.90 Å². The number of carbonyl (C=O) groups excluding carboxylic acids is 3. The van der Waals surface area contributed by atoms with Crippen LogP contribution < -0.4 is 10.2 Å². The minimum atomic E-state index is -0.600. The van der Waals surface area contributed by atoms with Gasteiger partial charge in [0.2, 0.25) is 0 Å². The molecule has 1 N–H and O–H groups in total. The molecule has 2 aromatic rings. The highest BCUT2D eigenvalue weighted by atomic mass is 35.5. The fraction of sp³-hybridized carbons (Fsp3) is 0.0556. The van der Waals surface area contributed by atoms with E-state index in [1.54, 1.807) is 36.4 Å². The Hall–Kier alpha value is -1.99. The second-order valence-corrected chi connectivity index (χ2v) is 8.03. The van der Waals surface area contributed by atoms with Gasteiger partial charge in [-0.05, 0) is 42.1 Å². The maximum Gasteiger partial charge on any atom is 0.290 e. The van der Waals surface area contributed by atoms with E-state index in [2.05, 4.69) is 5.32 Å². The molecule has 2 aliphatic rings. The average Bonchev–Trinajstić information content (AvgIpc) is 3.06. The van der Waals surface area contributed by atoms with Crippen LogP contribution in [0.3, 0.4) is 0 Å². The van der Waals surface area contributed by atoms with Crippen LogP contribution in [0.5, 0.6) is 0 Å². The molecule has 5 nitrogen and oxygen atoms in total. The van der Waals surface area contributed by atoms with Gasteiger partial charge in [-0.2, -0.15) is 0 Å². The van der Waals surface area contributed by atoms with Crippen molar-refractivity contribution in [1.29, 1.82) is 0 Å². The highest BCUT2D eigenvalue weighted by Crippen LogP contribution is 2.44. The first-order valence-corrected chi connectivity index (χ1v) is 9.64. The molecule has 0 unspecified atom stereocenters. The summed E-state index contributed by atoms with van der Waals surface area (Å²) < 4.78 is 0. The summed E-state index contributed by atoms with van der Waals surface area (Å²) in [7, 11) is 0. The first kappa shape index (κ1) is 18.4. The van der Waals surface area contributed by atoms with Gasteiger partial charge in [0.05, 0.1) is 22.7 Å². The molecule has 1 fully saturated rings. The molecule has 9 heteroatoms. The smallest absolute Gasteiger partial charge is 0.290 e. The number of imide groups is 1. The Balaban J connectivity index is 1.86. The summed E-state index contributed by atoms with van der Waals surface area (Å²) in [4.78, 5) is 38.4. The SMILES string of the molecule is O=C1NC(=O)C(=C2C(=O)N(Cc3c(Cl)cccc3Cl)c3ccc(Cl)cc32)S1. The summed E-state index contributed by atoms with van der Waals surface area (Å²) in [6, 6.07) is 10.0. The van der Waals surface area contributed by atoms with Crippen LogP contribution in [0.2, 0.25) is 15.1 Å². The Morgan fingerprint density at radius 1 is 1.00 bits per heavy atom. The van der Waals surface area contributed by atoms with Gasteiger partial charge in [-0.25, -0.2) is 0 Å². The minimum absolute atomic E-state index is 0.0567. The second-order valence-electron chi connectivity index (χ2n) is 5.80. The monoisotopic (exact) mass is 438 g/mol. The number of amides is 3. The number of anilines is 1. The van der Waals surface area contributed by atoms with Gasteiger partial charge in [0, 0.05) is 26.2 Å². The molecule has 0 aromatic heterocycles. The zero-order chi connectivity index (χ0) is 19.3. The van der Waals surface area contributed by atoms with E-state index in [0.29, 0.717) is 43.6 Å². The number of fused-ring (bicyclic) bond motifs is 1. The van der Waals surface area contributed by atoms with Crippen molar-refractivity contribution < 1.29 is 14.4 Å². The summed E-state index contributed by atoms with van der Waals surface area (Å²) in [5.74, 6) is -1.02. The Kier molecular flexibility index (Phi) is 4.68. The average molecular weight is 440 g/mol. The van der Waals surface area contributed by atoms with Gasteiger partial charge in [-0.3, -0.25) is 19.7 Å². The molecule has 2 heterocycles. The van der Waals surface area contributed by atoms with Crippen molar-refractivity contribution >= 4 is 74.9 Å². The van der Waals surface area contributed by atoms with E-state index < -0.39 is 17.1 Å². The number of hydrogen-bond acceptors (Lipinski definition) is 4. The summed E-state index contributed by atoms with van der Waals surface area (Å²) in [5, 5.41) is 2.91. The summed E-state index contributed by atoms with van der Waals surface area (Å²) in [5.41, 5.74) is 1.78. The number of thioether (sulfide) groups is 1. The number of nitrogens with zero attached hydrogens (tertiary/aromatic N) is 1. The van der Waals surface area contributed by atoms with Crippen molar-refractivity contribution in [1.82, 2.24) is 5.32 Å². The molecule has 0 saturated carbocycles. The van der Waals surface area contributed by atoms with Crippen molar-refractivity contribution in [3.63, 3.8) is 0 Å². The molecule has 4 rings (SSSR count). The molecule has 0 atom stereocenters. The number of halogens is 3. The third kappa shape index (κ3) is 3.12. The molecule has 136 valence electrons. The fourth-order valence-corrected chi connectivity index (χ4v) is 4.46. The zero-order valence-electron chi connectivity index (χ0n) is 13.4. The fourth-order valence-electron chi connectivity index (χ4n) is 3.00. The van der Waals surface area contributed by atoms with E-state index in [4.69, 9.17) is 34.8 Å². The summed E-state index contributed by atoms with van der Waals surface area (Å²) >= 11 is 19.3. The lowest BCUT2D eigenvalue weighted by Gasteiger charge is -2.19. The predicted octanol–water partition coefficient (Wildman–Crippen LogP) is 4.89. The van der Waals surface area contributed by atoms with E-state index in [-0.39, 0.29) is 17.0 Å². The quantitative estimate of drug-likeness (QED) is 0.677. The maximum atomic E-state index is 13.2. The van der Waals surface area contributed by atoms with Gasteiger partial charge < -0.3 is 4.90 Å². The first-order chi connectivity index (χ1) is 12.9. The highest BCUT2D eigenvalue weighted by Gasteiger charge is 2.40. The standard InChI is InChI=1S/C18H9Cl3N2O3S/c19-8-4-5-13-9(6-8)14(15-16(24)22-18(26)27-15)17(25)23(13)7-10-11(20)2-1-3-12(10)21/h1-6H,7H2,(H,22,24,26). The molecule has 0 bridgehead atoms. The van der Waals surface area contributed by atoms with Gasteiger partial charge in [0.25, 0.3) is 17.1 Å². The van der Waals surface area contributed by atoms with Gasteiger partial charge in [0.15, 0.2) is 0 Å². The number of benzene rings is 2. The van der Waals surface area contributed by atoms with E-state index >= 15 is 0 Å². The van der Waals surface area contributed by atoms with E-state index in [1.165, 1.54) is 4.90 Å². The molecule has 1 saturated heterocycles. The molecular formula is C18H9Cl3N2O3S. The summed E-state index contributed by atoms with van der Waals surface area (Å²) in [6.45, 7) is 0.114. The van der Waals surface area contributed by atoms with Crippen LogP contribution in [0.4, 0.5) is 10.5 Å². The molecule has 3 amide bonds. The number of rotatable bonds is 2. The third-order valence-corrected chi connectivity index (χ3v) is 6.02. The van der Waals surface area contributed by atoms with Crippen molar-refractivity contribution in [2.24, 2.45) is 0 Å². The second kappa shape index (κ2) is 6.87. The van der Waals surface area contributed by atoms with Gasteiger partial charge >= 0.3 is 0 Å². The topological polar surface area (TPSA) is 66.5 Å². The third-order valence-electron chi connectivity index (χ3n) is 4.20. The maximum absolute atomic E-state index is 13.2. The van der Waals surface area contributed by atoms with Crippen LogP contribution in [-0.4, -0.2) is 17.1 Å². The Morgan fingerprint density at radius 3 is 2.33 bits per heavy atom. The van der Waals surface area contributed by atoms with Gasteiger partial charge in [0.1, 0.15) is 0 Å². The Labute approximate surface area is 173 Å². The molecular weight excluding hydrogens is 431 g/mol. The van der Waals surface area contributed by atoms with Gasteiger partial charge in [-0.15, -0.1) is 0 Å². The lowest BCUT2D eigenvalue weighted by Crippen LogP contribution is -2.27. The minimum Gasteiger partial charge on any atom is -0.303 e. The summed E-state index contributed by atoms with van der Waals surface area (Å²) in [6.07, 6.45) is 0. The highest BCUT2D eigenvalue weighted by molar-refractivity contribution is 8.18. The van der Waals surface area contributed by atoms with E-state index in [9.17, 15) is 14.4 Å². The lowest BCUT2D eigenvalue weighted by atomic mass is 10.1. The number of hydrogen-bond donors (Lipinski definition) is 1. The van der Waals surface area contributed by atoms with Crippen molar-refractivity contribution in [3.8, 4) is 0 Å². The van der Waals surface area contributed by atoms with Gasteiger partial charge in [-0.1, -0.05) is 40.9 Å². The Morgan fingerprint density at radius 2 is 1.70 bits per heavy atom. The van der Waals surface area contributed by atoms with Crippen LogP contribution in [0, 0.1) is 0 Å². The molecule has 2 aromatic carbocycles. The molecule has 0 spiro atoms. The normalized spacial score (nSPS) is 18.9. The van der Waals surface area contributed by atoms with Crippen LogP contribution >= 0.6 is 46.6 Å². The van der Waals surface area contributed by atoms with Crippen molar-refractivity contribution in [2.45, 2.75) is 6.54 Å². The van der Waals surface area contributed by atoms with E-state index in [1.807, 2.05) is 0 Å². The van der Waals surface area contributed by atoms with Crippen molar-refractivity contribution in [3.05, 3.63) is 67.5 Å². The Bertz CT molecular complexity index is 1050. The van der Waals surface area contributed by atoms with Crippen LogP contribution in [0.25, 0.3) is 5.57 Å². The predicted molar refractivity (Wildman–Crippen MR) is 107 cm³/mol. The molecule has 0 aliphatic carbocycles.